The van der Waals surface area contributed by atoms with Crippen molar-refractivity contribution in [3.05, 3.63) is 45.6 Å². The molecule has 0 fully saturated rings. The molecule has 0 saturated carbocycles. The summed E-state index contributed by atoms with van der Waals surface area (Å²) < 4.78 is 5.68. The van der Waals surface area contributed by atoms with E-state index in [9.17, 15) is 9.59 Å². The molecule has 1 aliphatic heterocycles. The van der Waals surface area contributed by atoms with Crippen molar-refractivity contribution in [1.82, 2.24) is 24.8 Å². The molecule has 1 aliphatic rings. The maximum absolute atomic E-state index is 13.2. The number of aryl methyl sites for hydroxylation is 1. The molecule has 2 N–H and O–H groups in total. The van der Waals surface area contributed by atoms with Crippen LogP contribution < -0.4 is 10.9 Å². The van der Waals surface area contributed by atoms with Gasteiger partial charge in [0.05, 0.1) is 29.5 Å². The number of carbonyl (C=O) groups excluding carboxylic acids is 1. The number of amides is 1. The van der Waals surface area contributed by atoms with Crippen LogP contribution in [0.25, 0.3) is 11.1 Å². The van der Waals surface area contributed by atoms with E-state index >= 15 is 0 Å². The summed E-state index contributed by atoms with van der Waals surface area (Å²) in [6.45, 7) is 13.1. The molecule has 4 rings (SSSR count). The highest BCUT2D eigenvalue weighted by molar-refractivity contribution is 6.10. The molecule has 0 bridgehead atoms. The number of anilines is 1. The molecule has 4 heterocycles. The maximum Gasteiger partial charge on any atom is 0.258 e. The van der Waals surface area contributed by atoms with E-state index in [1.165, 1.54) is 12.7 Å². The number of H-pyrrole nitrogens is 1. The molecular formula is C21H30N6O3. The molecule has 3 aromatic rings. The summed E-state index contributed by atoms with van der Waals surface area (Å²) in [5.41, 5.74) is 1.95. The molecule has 3 aromatic heterocycles. The highest BCUT2D eigenvalue weighted by Gasteiger charge is 2.29. The zero-order chi connectivity index (χ0) is 22.3. The number of nitrogens with zero attached hydrogens (tertiary/aromatic N) is 4. The highest BCUT2D eigenvalue weighted by atomic mass is 16.3. The van der Waals surface area contributed by atoms with E-state index in [4.69, 9.17) is 4.42 Å². The van der Waals surface area contributed by atoms with Crippen LogP contribution in [-0.2, 0) is 13.0 Å². The number of aromatic nitrogens is 4. The Balaban J connectivity index is 0.000000757. The topological polar surface area (TPSA) is 117 Å². The highest BCUT2D eigenvalue weighted by Crippen LogP contribution is 2.31. The first-order valence-corrected chi connectivity index (χ1v) is 10.4. The minimum atomic E-state index is -0.178. The van der Waals surface area contributed by atoms with Gasteiger partial charge in [0.25, 0.3) is 11.5 Å². The molecule has 162 valence electrons. The van der Waals surface area contributed by atoms with Gasteiger partial charge in [-0.25, -0.2) is 15.0 Å². The van der Waals surface area contributed by atoms with Crippen LogP contribution in [-0.4, -0.2) is 43.8 Å². The minimum Gasteiger partial charge on any atom is -0.442 e. The molecular weight excluding hydrogens is 384 g/mol. The molecule has 30 heavy (non-hydrogen) atoms. The van der Waals surface area contributed by atoms with Crippen molar-refractivity contribution in [3.63, 3.8) is 0 Å². The second-order valence-electron chi connectivity index (χ2n) is 6.10. The maximum atomic E-state index is 13.2. The van der Waals surface area contributed by atoms with Gasteiger partial charge in [0.15, 0.2) is 0 Å². The van der Waals surface area contributed by atoms with Crippen molar-refractivity contribution in [2.24, 2.45) is 0 Å². The first-order valence-electron chi connectivity index (χ1n) is 10.4. The number of carbonyl (C=O) groups is 1. The minimum absolute atomic E-state index is 0.144. The van der Waals surface area contributed by atoms with Crippen LogP contribution in [0, 0.1) is 6.92 Å². The summed E-state index contributed by atoms with van der Waals surface area (Å²) in [7, 11) is 0. The van der Waals surface area contributed by atoms with E-state index in [1.807, 2.05) is 34.6 Å². The van der Waals surface area contributed by atoms with Crippen molar-refractivity contribution in [2.75, 3.05) is 18.4 Å². The Labute approximate surface area is 175 Å². The van der Waals surface area contributed by atoms with Crippen LogP contribution in [0.3, 0.4) is 0 Å². The SMILES string of the molecule is CC.CC.CCNc1ncnc2oc(C)c(C(=O)N3CCc4c(nc[nH]c4=O)C3)c12. The van der Waals surface area contributed by atoms with Crippen LogP contribution >= 0.6 is 0 Å². The van der Waals surface area contributed by atoms with Crippen LogP contribution in [0.1, 0.15) is 62.0 Å². The van der Waals surface area contributed by atoms with Crippen molar-refractivity contribution in [1.29, 1.82) is 0 Å². The molecule has 0 saturated heterocycles. The summed E-state index contributed by atoms with van der Waals surface area (Å²) in [5, 5.41) is 3.73. The molecule has 9 nitrogen and oxygen atoms in total. The van der Waals surface area contributed by atoms with Crippen molar-refractivity contribution in [3.8, 4) is 0 Å². The lowest BCUT2D eigenvalue weighted by atomic mass is 10.0. The predicted octanol–water partition coefficient (Wildman–Crippen LogP) is 3.30. The van der Waals surface area contributed by atoms with Gasteiger partial charge in [-0.05, 0) is 20.3 Å². The van der Waals surface area contributed by atoms with Gasteiger partial charge >= 0.3 is 0 Å². The largest absolute Gasteiger partial charge is 0.442 e. The van der Waals surface area contributed by atoms with E-state index in [2.05, 4.69) is 25.3 Å². The lowest BCUT2D eigenvalue weighted by Crippen LogP contribution is -2.39. The Morgan fingerprint density at radius 1 is 1.23 bits per heavy atom. The van der Waals surface area contributed by atoms with Crippen LogP contribution in [0.15, 0.2) is 21.9 Å². The predicted molar refractivity (Wildman–Crippen MR) is 117 cm³/mol. The van der Waals surface area contributed by atoms with E-state index < -0.39 is 0 Å². The zero-order valence-electron chi connectivity index (χ0n) is 18.5. The molecule has 0 atom stereocenters. The van der Waals surface area contributed by atoms with Crippen LogP contribution in [0.5, 0.6) is 0 Å². The van der Waals surface area contributed by atoms with E-state index in [0.29, 0.717) is 59.0 Å². The fraction of sp³-hybridized carbons (Fsp3) is 0.476. The van der Waals surface area contributed by atoms with Gasteiger partial charge in [-0.15, -0.1) is 0 Å². The number of aromatic amines is 1. The second kappa shape index (κ2) is 10.5. The Bertz CT molecular complexity index is 1060. The zero-order valence-corrected chi connectivity index (χ0v) is 18.5. The third kappa shape index (κ3) is 4.34. The Morgan fingerprint density at radius 2 is 1.97 bits per heavy atom. The number of hydrogen-bond acceptors (Lipinski definition) is 7. The van der Waals surface area contributed by atoms with Crippen LogP contribution in [0.4, 0.5) is 5.82 Å². The van der Waals surface area contributed by atoms with Gasteiger partial charge < -0.3 is 19.6 Å². The normalized spacial score (nSPS) is 12.3. The number of rotatable bonds is 3. The lowest BCUT2D eigenvalue weighted by molar-refractivity contribution is 0.0731. The van der Waals surface area contributed by atoms with Crippen molar-refractivity contribution in [2.45, 2.75) is 54.5 Å². The van der Waals surface area contributed by atoms with E-state index in [1.54, 1.807) is 11.8 Å². The standard InChI is InChI=1S/C17H18N6O3.2C2H6/c1-3-18-14-13-12(9(2)26-16(13)22-8-20-14)17(25)23-5-4-10-11(6-23)19-7-21-15(10)24;2*1-2/h7-8H,3-6H2,1-2H3,(H,18,20,22)(H,19,21,24);2*1-2H3. The van der Waals surface area contributed by atoms with Gasteiger partial charge in [0.1, 0.15) is 17.9 Å². The summed E-state index contributed by atoms with van der Waals surface area (Å²) in [6, 6.07) is 0. The van der Waals surface area contributed by atoms with Crippen molar-refractivity contribution >= 4 is 22.8 Å². The Hall–Kier alpha value is -3.23. The summed E-state index contributed by atoms with van der Waals surface area (Å²) in [5.74, 6) is 0.891. The molecule has 0 aliphatic carbocycles. The van der Waals surface area contributed by atoms with Gasteiger partial charge in [-0.1, -0.05) is 27.7 Å². The van der Waals surface area contributed by atoms with Crippen LogP contribution in [0.2, 0.25) is 0 Å². The van der Waals surface area contributed by atoms with E-state index in [-0.39, 0.29) is 18.0 Å². The Kier molecular flexibility index (Phi) is 8.08. The molecule has 0 radical (unpaired) electrons. The third-order valence-corrected chi connectivity index (χ3v) is 4.52. The quantitative estimate of drug-likeness (QED) is 0.675. The molecule has 0 spiro atoms. The van der Waals surface area contributed by atoms with Gasteiger partial charge in [-0.3, -0.25) is 9.59 Å². The van der Waals surface area contributed by atoms with Crippen molar-refractivity contribution < 1.29 is 9.21 Å². The molecule has 9 heteroatoms. The fourth-order valence-corrected chi connectivity index (χ4v) is 3.30. The van der Waals surface area contributed by atoms with Gasteiger partial charge in [0, 0.05) is 18.7 Å². The number of nitrogens with one attached hydrogen (secondary N) is 2. The molecule has 0 unspecified atom stereocenters. The average molecular weight is 415 g/mol. The average Bonchev–Trinajstić information content (AvgIpc) is 3.13. The summed E-state index contributed by atoms with van der Waals surface area (Å²) >= 11 is 0. The fourth-order valence-electron chi connectivity index (χ4n) is 3.30. The third-order valence-electron chi connectivity index (χ3n) is 4.52. The van der Waals surface area contributed by atoms with Gasteiger partial charge in [0.2, 0.25) is 5.71 Å². The Morgan fingerprint density at radius 3 is 2.67 bits per heavy atom. The first kappa shape index (κ1) is 23.1. The summed E-state index contributed by atoms with van der Waals surface area (Å²) in [6.07, 6.45) is 3.24. The first-order chi connectivity index (χ1) is 14.6. The van der Waals surface area contributed by atoms with E-state index in [0.717, 1.165) is 0 Å². The smallest absolute Gasteiger partial charge is 0.258 e. The lowest BCUT2D eigenvalue weighted by Gasteiger charge is -2.27. The number of fused-ring (bicyclic) bond motifs is 2. The number of hydrogen-bond donors (Lipinski definition) is 2. The molecule has 0 aromatic carbocycles. The van der Waals surface area contributed by atoms with Gasteiger partial charge in [-0.2, -0.15) is 0 Å². The molecule has 1 amide bonds. The number of furan rings is 1. The monoisotopic (exact) mass is 414 g/mol. The summed E-state index contributed by atoms with van der Waals surface area (Å²) in [4.78, 5) is 41.9. The second-order valence-corrected chi connectivity index (χ2v) is 6.10.